The Bertz CT molecular complexity index is 462. The normalized spacial score (nSPS) is 18.1. The minimum atomic E-state index is -4.30. The first-order chi connectivity index (χ1) is 9.37. The molecule has 0 saturated carbocycles. The molecule has 1 N–H and O–H groups in total. The molecule has 1 atom stereocenters. The zero-order valence-corrected chi connectivity index (χ0v) is 12.7. The summed E-state index contributed by atoms with van der Waals surface area (Å²) < 4.78 is 51.8. The summed E-state index contributed by atoms with van der Waals surface area (Å²) >= 11 is 5.58. The molecule has 0 bridgehead atoms. The molecule has 1 saturated heterocycles. The van der Waals surface area contributed by atoms with Crippen molar-refractivity contribution in [3.63, 3.8) is 0 Å². The van der Waals surface area contributed by atoms with Crippen molar-refractivity contribution < 1.29 is 17.6 Å². The average Bonchev–Trinajstić information content (AvgIpc) is 2.39. The van der Waals surface area contributed by atoms with Crippen molar-refractivity contribution in [2.45, 2.75) is 18.6 Å². The Labute approximate surface area is 131 Å². The summed E-state index contributed by atoms with van der Waals surface area (Å²) in [5.41, 5.74) is 0.311. The van der Waals surface area contributed by atoms with E-state index in [4.69, 9.17) is 11.6 Å². The molecule has 1 aromatic rings. The molecule has 1 aliphatic rings. The second-order valence-corrected chi connectivity index (χ2v) is 5.20. The van der Waals surface area contributed by atoms with Crippen LogP contribution in [0.5, 0.6) is 0 Å². The molecule has 0 radical (unpaired) electrons. The Balaban J connectivity index is 0.00000220. The minimum absolute atomic E-state index is 0. The lowest BCUT2D eigenvalue weighted by atomic mass is 10.0. The van der Waals surface area contributed by atoms with Crippen LogP contribution in [0.2, 0.25) is 5.02 Å². The molecule has 1 heterocycles. The monoisotopic (exact) mass is 346 g/mol. The van der Waals surface area contributed by atoms with Crippen LogP contribution in [0.4, 0.5) is 17.6 Å². The van der Waals surface area contributed by atoms with Crippen LogP contribution in [0.1, 0.15) is 18.0 Å². The van der Waals surface area contributed by atoms with Crippen LogP contribution in [0.15, 0.2) is 18.2 Å². The Morgan fingerprint density at radius 3 is 2.38 bits per heavy atom. The topological polar surface area (TPSA) is 15.3 Å². The van der Waals surface area contributed by atoms with E-state index in [0.717, 1.165) is 6.07 Å². The Morgan fingerprint density at radius 2 is 1.86 bits per heavy atom. The second kappa shape index (κ2) is 7.63. The van der Waals surface area contributed by atoms with Gasteiger partial charge in [0.15, 0.2) is 0 Å². The number of hydrogen-bond donors (Lipinski definition) is 1. The summed E-state index contributed by atoms with van der Waals surface area (Å²) in [6.07, 6.45) is -5.29. The third-order valence-electron chi connectivity index (χ3n) is 3.35. The fourth-order valence-electron chi connectivity index (χ4n) is 2.39. The standard InChI is InChI=1S/C13H15ClF4N2.ClH/c14-10-2-1-9(7-11(10)15)12(8-13(16,17)18)20-5-3-19-4-6-20;/h1-2,7,12,19H,3-6,8H2;1H/t12-;/m0./s1. The van der Waals surface area contributed by atoms with Gasteiger partial charge in [0.05, 0.1) is 11.4 Å². The van der Waals surface area contributed by atoms with Crippen LogP contribution in [-0.4, -0.2) is 37.3 Å². The maximum Gasteiger partial charge on any atom is 0.390 e. The number of hydrogen-bond acceptors (Lipinski definition) is 2. The van der Waals surface area contributed by atoms with Gasteiger partial charge in [-0.05, 0) is 17.7 Å². The summed E-state index contributed by atoms with van der Waals surface area (Å²) in [5, 5.41) is 3.00. The average molecular weight is 347 g/mol. The summed E-state index contributed by atoms with van der Waals surface area (Å²) in [6.45, 7) is 2.27. The third-order valence-corrected chi connectivity index (χ3v) is 3.65. The first kappa shape index (κ1) is 18.5. The van der Waals surface area contributed by atoms with Crippen molar-refractivity contribution in [3.05, 3.63) is 34.6 Å². The second-order valence-electron chi connectivity index (χ2n) is 4.79. The molecule has 120 valence electrons. The van der Waals surface area contributed by atoms with Gasteiger partial charge in [-0.25, -0.2) is 4.39 Å². The smallest absolute Gasteiger partial charge is 0.314 e. The number of alkyl halides is 3. The molecule has 1 aliphatic heterocycles. The van der Waals surface area contributed by atoms with E-state index >= 15 is 0 Å². The molecule has 0 unspecified atom stereocenters. The van der Waals surface area contributed by atoms with Crippen LogP contribution < -0.4 is 5.32 Å². The van der Waals surface area contributed by atoms with Gasteiger partial charge in [-0.1, -0.05) is 17.7 Å². The molecule has 0 aromatic heterocycles. The zero-order valence-electron chi connectivity index (χ0n) is 11.1. The third kappa shape index (κ3) is 5.29. The lowest BCUT2D eigenvalue weighted by Crippen LogP contribution is -2.46. The van der Waals surface area contributed by atoms with Crippen molar-refractivity contribution in [3.8, 4) is 0 Å². The number of nitrogens with zero attached hydrogens (tertiary/aromatic N) is 1. The van der Waals surface area contributed by atoms with Crippen molar-refractivity contribution in [2.24, 2.45) is 0 Å². The molecular weight excluding hydrogens is 331 g/mol. The van der Waals surface area contributed by atoms with E-state index in [2.05, 4.69) is 5.32 Å². The van der Waals surface area contributed by atoms with E-state index in [0.29, 0.717) is 31.7 Å². The van der Waals surface area contributed by atoms with E-state index in [-0.39, 0.29) is 17.4 Å². The lowest BCUT2D eigenvalue weighted by Gasteiger charge is -2.35. The lowest BCUT2D eigenvalue weighted by molar-refractivity contribution is -0.148. The number of benzene rings is 1. The molecule has 21 heavy (non-hydrogen) atoms. The van der Waals surface area contributed by atoms with Crippen molar-refractivity contribution in [1.82, 2.24) is 10.2 Å². The maximum absolute atomic E-state index is 13.5. The van der Waals surface area contributed by atoms with Crippen LogP contribution in [0, 0.1) is 5.82 Å². The Hall–Kier alpha value is -0.560. The molecule has 8 heteroatoms. The molecule has 0 amide bonds. The van der Waals surface area contributed by atoms with E-state index in [9.17, 15) is 17.6 Å². The molecule has 0 aliphatic carbocycles. The fraction of sp³-hybridized carbons (Fsp3) is 0.538. The molecule has 0 spiro atoms. The molecule has 1 fully saturated rings. The van der Waals surface area contributed by atoms with Gasteiger partial charge in [0.1, 0.15) is 5.82 Å². The van der Waals surface area contributed by atoms with Crippen molar-refractivity contribution in [1.29, 1.82) is 0 Å². The highest BCUT2D eigenvalue weighted by Gasteiger charge is 2.36. The quantitative estimate of drug-likeness (QED) is 0.837. The first-order valence-electron chi connectivity index (χ1n) is 6.33. The van der Waals surface area contributed by atoms with Gasteiger partial charge in [0.25, 0.3) is 0 Å². The van der Waals surface area contributed by atoms with Gasteiger partial charge in [0.2, 0.25) is 0 Å². The Morgan fingerprint density at radius 1 is 1.24 bits per heavy atom. The largest absolute Gasteiger partial charge is 0.390 e. The van der Waals surface area contributed by atoms with Crippen LogP contribution >= 0.6 is 24.0 Å². The Kier molecular flexibility index (Phi) is 6.71. The summed E-state index contributed by atoms with van der Waals surface area (Å²) in [6, 6.07) is 2.99. The van der Waals surface area contributed by atoms with Crippen molar-refractivity contribution >= 4 is 24.0 Å². The van der Waals surface area contributed by atoms with Gasteiger partial charge in [-0.2, -0.15) is 13.2 Å². The summed E-state index contributed by atoms with van der Waals surface area (Å²) in [4.78, 5) is 1.73. The highest BCUT2D eigenvalue weighted by Crippen LogP contribution is 2.34. The van der Waals surface area contributed by atoms with Gasteiger partial charge < -0.3 is 5.32 Å². The van der Waals surface area contributed by atoms with E-state index in [1.54, 1.807) is 4.90 Å². The van der Waals surface area contributed by atoms with Crippen LogP contribution in [0.25, 0.3) is 0 Å². The first-order valence-corrected chi connectivity index (χ1v) is 6.71. The molecule has 2 nitrogen and oxygen atoms in total. The highest BCUT2D eigenvalue weighted by molar-refractivity contribution is 6.30. The molecular formula is C13H16Cl2F4N2. The highest BCUT2D eigenvalue weighted by atomic mass is 35.5. The number of halogens is 6. The van der Waals surface area contributed by atoms with Crippen LogP contribution in [0.3, 0.4) is 0 Å². The number of rotatable bonds is 3. The molecule has 1 aromatic carbocycles. The van der Waals surface area contributed by atoms with E-state index < -0.39 is 24.5 Å². The number of piperazine rings is 1. The number of nitrogens with one attached hydrogen (secondary N) is 1. The summed E-state index contributed by atoms with van der Waals surface area (Å²) in [5.74, 6) is -0.688. The SMILES string of the molecule is Cl.Fc1cc([C@H](CC(F)(F)F)N2CCNCC2)ccc1Cl. The summed E-state index contributed by atoms with van der Waals surface area (Å²) in [7, 11) is 0. The van der Waals surface area contributed by atoms with E-state index in [1.165, 1.54) is 12.1 Å². The predicted octanol–water partition coefficient (Wildman–Crippen LogP) is 3.80. The van der Waals surface area contributed by atoms with Crippen LogP contribution in [-0.2, 0) is 0 Å². The van der Waals surface area contributed by atoms with Gasteiger partial charge >= 0.3 is 6.18 Å². The minimum Gasteiger partial charge on any atom is -0.314 e. The molecule has 2 rings (SSSR count). The van der Waals surface area contributed by atoms with Gasteiger partial charge in [-0.15, -0.1) is 12.4 Å². The zero-order chi connectivity index (χ0) is 14.8. The predicted molar refractivity (Wildman–Crippen MR) is 76.5 cm³/mol. The maximum atomic E-state index is 13.5. The van der Waals surface area contributed by atoms with E-state index in [1.807, 2.05) is 0 Å². The van der Waals surface area contributed by atoms with Gasteiger partial charge in [-0.3, -0.25) is 4.90 Å². The fourth-order valence-corrected chi connectivity index (χ4v) is 2.51. The van der Waals surface area contributed by atoms with Crippen molar-refractivity contribution in [2.75, 3.05) is 26.2 Å². The van der Waals surface area contributed by atoms with Gasteiger partial charge in [0, 0.05) is 32.2 Å².